The molecular formula is C37H70O4. The van der Waals surface area contributed by atoms with E-state index < -0.39 is 11.9 Å². The van der Waals surface area contributed by atoms with E-state index >= 15 is 0 Å². The summed E-state index contributed by atoms with van der Waals surface area (Å²) in [5, 5.41) is 9.34. The summed E-state index contributed by atoms with van der Waals surface area (Å²) in [5.41, 5.74) is 0. The molecule has 0 radical (unpaired) electrons. The van der Waals surface area contributed by atoms with E-state index in [1.807, 2.05) is 6.92 Å². The van der Waals surface area contributed by atoms with Gasteiger partial charge in [0.25, 0.3) is 0 Å². The summed E-state index contributed by atoms with van der Waals surface area (Å²) in [4.78, 5) is 23.1. The third kappa shape index (κ3) is 31.4. The molecule has 0 aromatic carbocycles. The Hall–Kier alpha value is -1.32. The van der Waals surface area contributed by atoms with Crippen molar-refractivity contribution in [1.82, 2.24) is 0 Å². The highest BCUT2D eigenvalue weighted by molar-refractivity contribution is 5.78. The number of carbonyl (C=O) groups is 2. The van der Waals surface area contributed by atoms with Crippen molar-refractivity contribution in [3.05, 3.63) is 12.2 Å². The van der Waals surface area contributed by atoms with Gasteiger partial charge in [0.15, 0.2) is 0 Å². The first kappa shape index (κ1) is 39.7. The van der Waals surface area contributed by atoms with Gasteiger partial charge in [0.05, 0.1) is 18.9 Å². The van der Waals surface area contributed by atoms with E-state index in [2.05, 4.69) is 19.1 Å². The minimum atomic E-state index is -0.874. The molecule has 0 saturated carbocycles. The van der Waals surface area contributed by atoms with Crippen molar-refractivity contribution in [1.29, 1.82) is 0 Å². The summed E-state index contributed by atoms with van der Waals surface area (Å²) in [6.07, 6.45) is 41.0. The number of rotatable bonds is 33. The number of carbonyl (C=O) groups excluding carboxylic acids is 1. The molecule has 0 fully saturated rings. The van der Waals surface area contributed by atoms with Crippen LogP contribution in [0.15, 0.2) is 12.2 Å². The van der Waals surface area contributed by atoms with Crippen molar-refractivity contribution >= 4 is 11.9 Å². The molecule has 0 aromatic rings. The van der Waals surface area contributed by atoms with Crippen LogP contribution in [0.3, 0.4) is 0 Å². The van der Waals surface area contributed by atoms with Crippen molar-refractivity contribution in [2.45, 2.75) is 200 Å². The van der Waals surface area contributed by atoms with Gasteiger partial charge in [-0.1, -0.05) is 167 Å². The Kier molecular flexibility index (Phi) is 32.1. The molecule has 0 amide bonds. The summed E-state index contributed by atoms with van der Waals surface area (Å²) in [5.74, 6) is -1.85. The Labute approximate surface area is 255 Å². The molecule has 0 aliphatic carbocycles. The lowest BCUT2D eigenvalue weighted by Gasteiger charge is -2.11. The van der Waals surface area contributed by atoms with Gasteiger partial charge in [-0.25, -0.2) is 0 Å². The average Bonchev–Trinajstić information content (AvgIpc) is 2.96. The molecule has 0 bridgehead atoms. The predicted octanol–water partition coefficient (Wildman–Crippen LogP) is 12.1. The van der Waals surface area contributed by atoms with Gasteiger partial charge in [0.2, 0.25) is 0 Å². The predicted molar refractivity (Wildman–Crippen MR) is 176 cm³/mol. The Morgan fingerprint density at radius 1 is 0.537 bits per heavy atom. The zero-order valence-electron chi connectivity index (χ0n) is 27.6. The quantitative estimate of drug-likeness (QED) is 0.0478. The minimum absolute atomic E-state index is 0.00696. The molecule has 1 N–H and O–H groups in total. The smallest absolute Gasteiger partial charge is 0.307 e. The third-order valence-corrected chi connectivity index (χ3v) is 8.29. The van der Waals surface area contributed by atoms with Gasteiger partial charge in [-0.3, -0.25) is 9.59 Å². The molecule has 1 unspecified atom stereocenters. The summed E-state index contributed by atoms with van der Waals surface area (Å²) in [6.45, 7) is 4.60. The van der Waals surface area contributed by atoms with Gasteiger partial charge in [0, 0.05) is 0 Å². The maximum absolute atomic E-state index is 11.7. The van der Waals surface area contributed by atoms with Crippen LogP contribution in [0.25, 0.3) is 0 Å². The first-order valence-corrected chi connectivity index (χ1v) is 18.1. The number of carboxylic acid groups (broad SMARTS) is 1. The van der Waals surface area contributed by atoms with Crippen LogP contribution in [0.2, 0.25) is 0 Å². The fourth-order valence-electron chi connectivity index (χ4n) is 5.55. The van der Waals surface area contributed by atoms with E-state index in [1.165, 1.54) is 154 Å². The molecule has 0 saturated heterocycles. The molecule has 0 heterocycles. The van der Waals surface area contributed by atoms with E-state index in [1.54, 1.807) is 0 Å². The lowest BCUT2D eigenvalue weighted by molar-refractivity contribution is -0.151. The van der Waals surface area contributed by atoms with Crippen LogP contribution in [0.1, 0.15) is 200 Å². The van der Waals surface area contributed by atoms with Crippen LogP contribution < -0.4 is 0 Å². The van der Waals surface area contributed by atoms with Gasteiger partial charge >= 0.3 is 11.9 Å². The number of ether oxygens (including phenoxy) is 1. The lowest BCUT2D eigenvalue weighted by Crippen LogP contribution is -2.19. The zero-order valence-corrected chi connectivity index (χ0v) is 27.6. The summed E-state index contributed by atoms with van der Waals surface area (Å²) in [7, 11) is 0. The van der Waals surface area contributed by atoms with E-state index in [0.717, 1.165) is 19.3 Å². The van der Waals surface area contributed by atoms with Crippen molar-refractivity contribution in [3.8, 4) is 0 Å². The highest BCUT2D eigenvalue weighted by Gasteiger charge is 2.21. The molecule has 4 nitrogen and oxygen atoms in total. The van der Waals surface area contributed by atoms with Gasteiger partial charge in [-0.15, -0.1) is 0 Å². The highest BCUT2D eigenvalue weighted by Crippen LogP contribution is 2.18. The summed E-state index contributed by atoms with van der Waals surface area (Å²) < 4.78 is 5.03. The first-order valence-electron chi connectivity index (χ1n) is 18.1. The number of hydrogen-bond donors (Lipinski definition) is 1. The fourth-order valence-corrected chi connectivity index (χ4v) is 5.55. The molecule has 41 heavy (non-hydrogen) atoms. The number of carboxylic acids is 1. The van der Waals surface area contributed by atoms with Crippen molar-refractivity contribution in [3.63, 3.8) is 0 Å². The van der Waals surface area contributed by atoms with E-state index in [0.29, 0.717) is 13.0 Å². The normalized spacial score (nSPS) is 12.2. The second-order valence-corrected chi connectivity index (χ2v) is 12.4. The first-order chi connectivity index (χ1) is 20.1. The molecule has 1 atom stereocenters. The van der Waals surface area contributed by atoms with Crippen LogP contribution >= 0.6 is 0 Å². The van der Waals surface area contributed by atoms with Crippen LogP contribution in [0.4, 0.5) is 0 Å². The SMILES string of the molecule is CCCCCCCC/C=C/CCCCCCCCCCCCCCCCCCCCC(CC(=O)OCCC)C(=O)O. The van der Waals surface area contributed by atoms with E-state index in [9.17, 15) is 14.7 Å². The monoisotopic (exact) mass is 579 g/mol. The third-order valence-electron chi connectivity index (χ3n) is 8.29. The summed E-state index contributed by atoms with van der Waals surface area (Å²) in [6, 6.07) is 0. The minimum Gasteiger partial charge on any atom is -0.481 e. The van der Waals surface area contributed by atoms with E-state index in [4.69, 9.17) is 4.74 Å². The Morgan fingerprint density at radius 2 is 0.902 bits per heavy atom. The largest absolute Gasteiger partial charge is 0.481 e. The number of esters is 1. The molecule has 0 aliphatic rings. The van der Waals surface area contributed by atoms with Gasteiger partial charge in [-0.05, 0) is 38.5 Å². The maximum atomic E-state index is 11.7. The number of hydrogen-bond acceptors (Lipinski definition) is 3. The van der Waals surface area contributed by atoms with Gasteiger partial charge in [-0.2, -0.15) is 0 Å². The molecule has 0 aliphatic heterocycles. The van der Waals surface area contributed by atoms with Crippen LogP contribution in [-0.2, 0) is 14.3 Å². The second kappa shape index (κ2) is 33.2. The molecule has 0 aromatic heterocycles. The Bertz CT molecular complexity index is 585. The van der Waals surface area contributed by atoms with Crippen LogP contribution in [0, 0.1) is 5.92 Å². The topological polar surface area (TPSA) is 63.6 Å². The van der Waals surface area contributed by atoms with Gasteiger partial charge < -0.3 is 9.84 Å². The zero-order chi connectivity index (χ0) is 30.1. The second-order valence-electron chi connectivity index (χ2n) is 12.4. The number of allylic oxidation sites excluding steroid dienone is 2. The number of unbranched alkanes of at least 4 members (excludes halogenated alkanes) is 24. The van der Waals surface area contributed by atoms with Crippen LogP contribution in [-0.4, -0.2) is 23.7 Å². The van der Waals surface area contributed by atoms with Crippen molar-refractivity contribution in [2.75, 3.05) is 6.61 Å². The molecule has 0 spiro atoms. The fraction of sp³-hybridized carbons (Fsp3) is 0.892. The summed E-state index contributed by atoms with van der Waals surface area (Å²) >= 11 is 0. The van der Waals surface area contributed by atoms with Crippen LogP contribution in [0.5, 0.6) is 0 Å². The molecule has 0 rings (SSSR count). The molecule has 4 heteroatoms. The lowest BCUT2D eigenvalue weighted by atomic mass is 9.97. The maximum Gasteiger partial charge on any atom is 0.307 e. The van der Waals surface area contributed by atoms with Gasteiger partial charge in [0.1, 0.15) is 0 Å². The van der Waals surface area contributed by atoms with Crippen molar-refractivity contribution < 1.29 is 19.4 Å². The molecule has 242 valence electrons. The standard InChI is InChI=1S/C37H70O4/c1-3-5-6-7-8-9-10-11-12-13-14-15-16-17-18-19-20-21-22-23-24-25-26-27-28-29-30-31-32-35(37(39)40)34-36(38)41-33-4-2/h11-12,35H,3-10,13-34H2,1-2H3,(H,39,40)/b12-11+. The Morgan fingerprint density at radius 3 is 1.27 bits per heavy atom. The highest BCUT2D eigenvalue weighted by atomic mass is 16.5. The Balaban J connectivity index is 3.29. The molecular weight excluding hydrogens is 508 g/mol. The van der Waals surface area contributed by atoms with Crippen molar-refractivity contribution in [2.24, 2.45) is 5.92 Å². The van der Waals surface area contributed by atoms with E-state index in [-0.39, 0.29) is 12.4 Å². The number of aliphatic carboxylic acids is 1. The average molecular weight is 579 g/mol.